The summed E-state index contributed by atoms with van der Waals surface area (Å²) >= 11 is 7.00. The molecule has 1 saturated carbocycles. The largest absolute Gasteiger partial charge is 0.391 e. The quantitative estimate of drug-likeness (QED) is 0.643. The molecule has 0 spiro atoms. The number of aromatic nitrogens is 4. The number of hydrogen-bond donors (Lipinski definition) is 1. The van der Waals surface area contributed by atoms with Crippen LogP contribution in [0.25, 0.3) is 0 Å². The van der Waals surface area contributed by atoms with Crippen molar-refractivity contribution in [2.24, 2.45) is 0 Å². The first-order valence-electron chi connectivity index (χ1n) is 5.46. The summed E-state index contributed by atoms with van der Waals surface area (Å²) in [6.45, 7) is 0. The summed E-state index contributed by atoms with van der Waals surface area (Å²) in [5, 5.41) is 21.9. The highest BCUT2D eigenvalue weighted by molar-refractivity contribution is 7.99. The molecule has 1 N–H and O–H groups in total. The van der Waals surface area contributed by atoms with Crippen molar-refractivity contribution in [2.45, 2.75) is 43.0 Å². The summed E-state index contributed by atoms with van der Waals surface area (Å²) in [6.07, 6.45) is 4.30. The van der Waals surface area contributed by atoms with Gasteiger partial charge in [0.15, 0.2) is 0 Å². The second-order valence-electron chi connectivity index (χ2n) is 3.96. The molecule has 7 heteroatoms. The van der Waals surface area contributed by atoms with Crippen LogP contribution in [0, 0.1) is 0 Å². The molecule has 16 heavy (non-hydrogen) atoms. The van der Waals surface area contributed by atoms with E-state index < -0.39 is 6.10 Å². The molecule has 2 rings (SSSR count). The molecule has 5 nitrogen and oxygen atoms in total. The third kappa shape index (κ3) is 2.87. The van der Waals surface area contributed by atoms with Gasteiger partial charge in [0.25, 0.3) is 0 Å². The molecule has 1 unspecified atom stereocenters. The van der Waals surface area contributed by atoms with Crippen molar-refractivity contribution in [3.05, 3.63) is 0 Å². The molecule has 1 fully saturated rings. The van der Waals surface area contributed by atoms with Crippen LogP contribution in [0.1, 0.15) is 31.7 Å². The lowest BCUT2D eigenvalue weighted by atomic mass is 10.3. The van der Waals surface area contributed by atoms with Crippen LogP contribution in [0.2, 0.25) is 0 Å². The maximum absolute atomic E-state index is 9.38. The summed E-state index contributed by atoms with van der Waals surface area (Å²) < 4.78 is 1.89. The molecule has 0 bridgehead atoms. The van der Waals surface area contributed by atoms with Gasteiger partial charge in [-0.2, -0.15) is 0 Å². The third-order valence-electron chi connectivity index (χ3n) is 2.72. The summed E-state index contributed by atoms with van der Waals surface area (Å²) in [7, 11) is 0. The molecule has 1 atom stereocenters. The van der Waals surface area contributed by atoms with E-state index >= 15 is 0 Å². The van der Waals surface area contributed by atoms with Gasteiger partial charge in [-0.05, 0) is 23.3 Å². The molecule has 90 valence electrons. The number of thioether (sulfide) groups is 1. The number of halogens is 1. The molecule has 1 aromatic heterocycles. The van der Waals surface area contributed by atoms with Gasteiger partial charge >= 0.3 is 0 Å². The van der Waals surface area contributed by atoms with Crippen molar-refractivity contribution < 1.29 is 5.11 Å². The Balaban J connectivity index is 1.95. The molecule has 1 aliphatic carbocycles. The number of rotatable bonds is 5. The van der Waals surface area contributed by atoms with Crippen LogP contribution in [-0.4, -0.2) is 43.1 Å². The standard InChI is InChI=1S/C9H15ClN4OS/c10-5-8(15)6-16-9-11-12-13-14(9)7-3-1-2-4-7/h7-8,15H,1-6H2. The van der Waals surface area contributed by atoms with Crippen molar-refractivity contribution in [2.75, 3.05) is 11.6 Å². The number of hydrogen-bond acceptors (Lipinski definition) is 5. The zero-order valence-corrected chi connectivity index (χ0v) is 10.5. The van der Waals surface area contributed by atoms with E-state index in [-0.39, 0.29) is 5.88 Å². The first kappa shape index (κ1) is 12.1. The van der Waals surface area contributed by atoms with Gasteiger partial charge in [-0.15, -0.1) is 16.7 Å². The summed E-state index contributed by atoms with van der Waals surface area (Å²) in [6, 6.07) is 0.436. The van der Waals surface area contributed by atoms with E-state index in [1.54, 1.807) is 0 Å². The highest BCUT2D eigenvalue weighted by atomic mass is 35.5. The van der Waals surface area contributed by atoms with E-state index in [9.17, 15) is 5.11 Å². The lowest BCUT2D eigenvalue weighted by Gasteiger charge is -2.11. The average Bonchev–Trinajstić information content (AvgIpc) is 2.95. The van der Waals surface area contributed by atoms with Crippen LogP contribution in [-0.2, 0) is 0 Å². The SMILES string of the molecule is OC(CCl)CSc1nnnn1C1CCCC1. The van der Waals surface area contributed by atoms with Gasteiger partial charge in [-0.3, -0.25) is 0 Å². The van der Waals surface area contributed by atoms with E-state index in [1.807, 2.05) is 4.68 Å². The van der Waals surface area contributed by atoms with Crippen LogP contribution in [0.5, 0.6) is 0 Å². The third-order valence-corrected chi connectivity index (χ3v) is 4.15. The topological polar surface area (TPSA) is 63.8 Å². The number of aliphatic hydroxyl groups excluding tert-OH is 1. The number of tetrazole rings is 1. The van der Waals surface area contributed by atoms with Gasteiger partial charge in [0.05, 0.1) is 12.1 Å². The van der Waals surface area contributed by atoms with Crippen molar-refractivity contribution in [1.82, 2.24) is 20.2 Å². The molecule has 0 aromatic carbocycles. The van der Waals surface area contributed by atoms with Gasteiger partial charge in [0.2, 0.25) is 5.16 Å². The van der Waals surface area contributed by atoms with E-state index in [0.717, 1.165) is 18.0 Å². The summed E-state index contributed by atoms with van der Waals surface area (Å²) in [5.41, 5.74) is 0. The number of aliphatic hydroxyl groups is 1. The fourth-order valence-electron chi connectivity index (χ4n) is 1.87. The lowest BCUT2D eigenvalue weighted by molar-refractivity contribution is 0.223. The second kappa shape index (κ2) is 5.84. The van der Waals surface area contributed by atoms with Gasteiger partial charge in [-0.25, -0.2) is 4.68 Å². The van der Waals surface area contributed by atoms with Crippen LogP contribution >= 0.6 is 23.4 Å². The minimum absolute atomic E-state index is 0.248. The maximum Gasteiger partial charge on any atom is 0.209 e. The fraction of sp³-hybridized carbons (Fsp3) is 0.889. The first-order valence-corrected chi connectivity index (χ1v) is 6.98. The number of nitrogens with zero attached hydrogens (tertiary/aromatic N) is 4. The van der Waals surface area contributed by atoms with E-state index in [2.05, 4.69) is 15.5 Å². The molecule has 1 aromatic rings. The molecule has 0 aliphatic heterocycles. The molecule has 1 heterocycles. The normalized spacial score (nSPS) is 19.1. The Morgan fingerprint density at radius 3 is 2.94 bits per heavy atom. The highest BCUT2D eigenvalue weighted by Gasteiger charge is 2.21. The van der Waals surface area contributed by atoms with E-state index in [1.165, 1.54) is 24.6 Å². The highest BCUT2D eigenvalue weighted by Crippen LogP contribution is 2.31. The zero-order valence-electron chi connectivity index (χ0n) is 8.92. The van der Waals surface area contributed by atoms with Crippen molar-refractivity contribution in [3.63, 3.8) is 0 Å². The van der Waals surface area contributed by atoms with Crippen molar-refractivity contribution >= 4 is 23.4 Å². The first-order chi connectivity index (χ1) is 7.81. The lowest BCUT2D eigenvalue weighted by Crippen LogP contribution is -2.13. The van der Waals surface area contributed by atoms with Crippen LogP contribution in [0.3, 0.4) is 0 Å². The Bertz CT molecular complexity index is 329. The van der Waals surface area contributed by atoms with Crippen LogP contribution in [0.4, 0.5) is 0 Å². The minimum Gasteiger partial charge on any atom is -0.391 e. The van der Waals surface area contributed by atoms with E-state index in [0.29, 0.717) is 11.8 Å². The monoisotopic (exact) mass is 262 g/mol. The second-order valence-corrected chi connectivity index (χ2v) is 5.26. The fourth-order valence-corrected chi connectivity index (χ4v) is 2.98. The van der Waals surface area contributed by atoms with Gasteiger partial charge < -0.3 is 5.11 Å². The number of alkyl halides is 1. The molecular weight excluding hydrogens is 248 g/mol. The van der Waals surface area contributed by atoms with Crippen molar-refractivity contribution in [3.8, 4) is 0 Å². The van der Waals surface area contributed by atoms with Gasteiger partial charge in [0, 0.05) is 11.6 Å². The maximum atomic E-state index is 9.38. The molecule has 0 saturated heterocycles. The van der Waals surface area contributed by atoms with E-state index in [4.69, 9.17) is 11.6 Å². The Morgan fingerprint density at radius 1 is 1.50 bits per heavy atom. The predicted octanol–water partition coefficient (Wildman–Crippen LogP) is 1.48. The summed E-state index contributed by atoms with van der Waals surface area (Å²) in [5.74, 6) is 0.786. The predicted molar refractivity (Wildman–Crippen MR) is 62.8 cm³/mol. The minimum atomic E-state index is -0.500. The molecular formula is C9H15ClN4OS. The van der Waals surface area contributed by atoms with Crippen molar-refractivity contribution in [1.29, 1.82) is 0 Å². The Kier molecular flexibility index (Phi) is 4.43. The molecule has 0 amide bonds. The van der Waals surface area contributed by atoms with Crippen LogP contribution in [0.15, 0.2) is 5.16 Å². The van der Waals surface area contributed by atoms with Crippen LogP contribution < -0.4 is 0 Å². The van der Waals surface area contributed by atoms with Gasteiger partial charge in [0.1, 0.15) is 0 Å². The Labute approximate surface area is 104 Å². The molecule has 0 radical (unpaired) electrons. The Morgan fingerprint density at radius 2 is 2.25 bits per heavy atom. The zero-order chi connectivity index (χ0) is 11.4. The Hall–Kier alpha value is -0.330. The molecule has 1 aliphatic rings. The summed E-state index contributed by atoms with van der Waals surface area (Å²) in [4.78, 5) is 0. The average molecular weight is 263 g/mol. The smallest absolute Gasteiger partial charge is 0.209 e. The van der Waals surface area contributed by atoms with Gasteiger partial charge in [-0.1, -0.05) is 24.6 Å².